The SMILES string of the molecule is Cc1ccc(C)c(NC(=O)C[NH+](C)Cc2ccc(Br)s2)c1. The molecule has 0 bridgehead atoms. The Morgan fingerprint density at radius 1 is 1.29 bits per heavy atom. The van der Waals surface area contributed by atoms with Gasteiger partial charge in [0.05, 0.1) is 15.7 Å². The molecule has 0 saturated carbocycles. The monoisotopic (exact) mass is 367 g/mol. The molecule has 0 radical (unpaired) electrons. The fourth-order valence-corrected chi connectivity index (χ4v) is 3.74. The molecule has 5 heteroatoms. The maximum absolute atomic E-state index is 12.1. The lowest BCUT2D eigenvalue weighted by molar-refractivity contribution is -0.884. The fraction of sp³-hybridized carbons (Fsp3) is 0.312. The van der Waals surface area contributed by atoms with Gasteiger partial charge in [-0.25, -0.2) is 0 Å². The Labute approximate surface area is 138 Å². The number of quaternary nitrogens is 1. The Bertz CT molecular complexity index is 639. The molecule has 112 valence electrons. The van der Waals surface area contributed by atoms with Crippen molar-refractivity contribution in [2.45, 2.75) is 20.4 Å². The first-order chi connectivity index (χ1) is 9.94. The zero-order chi connectivity index (χ0) is 15.4. The van der Waals surface area contributed by atoms with Crippen molar-refractivity contribution in [1.29, 1.82) is 0 Å². The van der Waals surface area contributed by atoms with Crippen LogP contribution < -0.4 is 10.2 Å². The van der Waals surface area contributed by atoms with E-state index in [1.54, 1.807) is 11.3 Å². The van der Waals surface area contributed by atoms with Crippen LogP contribution in [0.2, 0.25) is 0 Å². The summed E-state index contributed by atoms with van der Waals surface area (Å²) in [5.41, 5.74) is 3.15. The second-order valence-corrected chi connectivity index (χ2v) is 7.93. The number of hydrogen-bond acceptors (Lipinski definition) is 2. The van der Waals surface area contributed by atoms with E-state index in [0.29, 0.717) is 6.54 Å². The van der Waals surface area contributed by atoms with Gasteiger partial charge in [-0.15, -0.1) is 11.3 Å². The highest BCUT2D eigenvalue weighted by Gasteiger charge is 2.12. The van der Waals surface area contributed by atoms with Crippen LogP contribution in [-0.2, 0) is 11.3 Å². The Balaban J connectivity index is 1.90. The molecule has 2 rings (SSSR count). The van der Waals surface area contributed by atoms with Crippen molar-refractivity contribution >= 4 is 38.9 Å². The van der Waals surface area contributed by atoms with E-state index in [2.05, 4.69) is 33.4 Å². The third kappa shape index (κ3) is 4.95. The number of benzene rings is 1. The van der Waals surface area contributed by atoms with Gasteiger partial charge in [0.1, 0.15) is 6.54 Å². The smallest absolute Gasteiger partial charge is 0.279 e. The van der Waals surface area contributed by atoms with Crippen LogP contribution in [-0.4, -0.2) is 19.5 Å². The normalized spacial score (nSPS) is 12.2. The van der Waals surface area contributed by atoms with Gasteiger partial charge in [-0.1, -0.05) is 12.1 Å². The molecule has 1 atom stereocenters. The minimum atomic E-state index is 0.0526. The summed E-state index contributed by atoms with van der Waals surface area (Å²) >= 11 is 5.18. The van der Waals surface area contributed by atoms with Gasteiger partial charge in [-0.05, 0) is 59.1 Å². The number of thiophene rings is 1. The van der Waals surface area contributed by atoms with Crippen LogP contribution in [0, 0.1) is 13.8 Å². The van der Waals surface area contributed by atoms with Crippen LogP contribution in [0.25, 0.3) is 0 Å². The fourth-order valence-electron chi connectivity index (χ4n) is 2.15. The number of carbonyl (C=O) groups excluding carboxylic acids is 1. The topological polar surface area (TPSA) is 33.5 Å². The van der Waals surface area contributed by atoms with E-state index in [0.717, 1.165) is 27.1 Å². The molecule has 0 fully saturated rings. The van der Waals surface area contributed by atoms with E-state index >= 15 is 0 Å². The summed E-state index contributed by atoms with van der Waals surface area (Å²) in [5, 5.41) is 3.01. The molecule has 2 aromatic rings. The van der Waals surface area contributed by atoms with Gasteiger partial charge in [-0.3, -0.25) is 4.79 Å². The lowest BCUT2D eigenvalue weighted by atomic mass is 10.1. The average molecular weight is 368 g/mol. The Kier molecular flexibility index (Phi) is 5.56. The number of halogens is 1. The third-order valence-corrected chi connectivity index (χ3v) is 4.86. The summed E-state index contributed by atoms with van der Waals surface area (Å²) < 4.78 is 1.13. The first-order valence-corrected chi connectivity index (χ1v) is 8.47. The second kappa shape index (κ2) is 7.20. The van der Waals surface area contributed by atoms with E-state index in [-0.39, 0.29) is 5.91 Å². The van der Waals surface area contributed by atoms with Gasteiger partial charge in [0.2, 0.25) is 0 Å². The average Bonchev–Trinajstić information content (AvgIpc) is 2.79. The van der Waals surface area contributed by atoms with E-state index in [1.807, 2.05) is 39.1 Å². The van der Waals surface area contributed by atoms with Crippen LogP contribution in [0.1, 0.15) is 16.0 Å². The first kappa shape index (κ1) is 16.2. The summed E-state index contributed by atoms with van der Waals surface area (Å²) in [7, 11) is 2.04. The van der Waals surface area contributed by atoms with Crippen LogP contribution in [0.3, 0.4) is 0 Å². The summed E-state index contributed by atoms with van der Waals surface area (Å²) in [6.45, 7) is 5.36. The number of carbonyl (C=O) groups is 1. The van der Waals surface area contributed by atoms with E-state index in [4.69, 9.17) is 0 Å². The highest BCUT2D eigenvalue weighted by atomic mass is 79.9. The van der Waals surface area contributed by atoms with Crippen molar-refractivity contribution in [2.75, 3.05) is 18.9 Å². The molecular weight excluding hydrogens is 348 g/mol. The predicted molar refractivity (Wildman–Crippen MR) is 92.0 cm³/mol. The minimum Gasteiger partial charge on any atom is -0.325 e. The van der Waals surface area contributed by atoms with E-state index < -0.39 is 0 Å². The number of anilines is 1. The van der Waals surface area contributed by atoms with Gasteiger partial charge in [0.25, 0.3) is 5.91 Å². The van der Waals surface area contributed by atoms with Gasteiger partial charge < -0.3 is 10.2 Å². The Morgan fingerprint density at radius 2 is 2.05 bits per heavy atom. The standard InChI is InChI=1S/C16H19BrN2OS/c1-11-4-5-12(2)14(8-11)18-16(20)10-19(3)9-13-6-7-15(17)21-13/h4-8H,9-10H2,1-3H3,(H,18,20)/p+1. The minimum absolute atomic E-state index is 0.0526. The third-order valence-electron chi connectivity index (χ3n) is 3.23. The number of nitrogens with one attached hydrogen (secondary N) is 2. The first-order valence-electron chi connectivity index (χ1n) is 6.86. The van der Waals surface area contributed by atoms with Crippen molar-refractivity contribution in [3.63, 3.8) is 0 Å². The molecule has 1 unspecified atom stereocenters. The van der Waals surface area contributed by atoms with E-state index in [1.165, 1.54) is 9.78 Å². The number of hydrogen-bond donors (Lipinski definition) is 2. The molecule has 1 amide bonds. The van der Waals surface area contributed by atoms with Crippen molar-refractivity contribution in [1.82, 2.24) is 0 Å². The highest BCUT2D eigenvalue weighted by Crippen LogP contribution is 2.21. The van der Waals surface area contributed by atoms with Crippen molar-refractivity contribution in [3.8, 4) is 0 Å². The quantitative estimate of drug-likeness (QED) is 0.836. The van der Waals surface area contributed by atoms with Crippen molar-refractivity contribution < 1.29 is 9.69 Å². The summed E-state index contributed by atoms with van der Waals surface area (Å²) in [6, 6.07) is 10.2. The van der Waals surface area contributed by atoms with Crippen molar-refractivity contribution in [2.24, 2.45) is 0 Å². The van der Waals surface area contributed by atoms with Crippen LogP contribution in [0.4, 0.5) is 5.69 Å². The number of rotatable bonds is 5. The van der Waals surface area contributed by atoms with Crippen LogP contribution >= 0.6 is 27.3 Å². The zero-order valence-corrected chi connectivity index (χ0v) is 14.9. The zero-order valence-electron chi connectivity index (χ0n) is 12.5. The highest BCUT2D eigenvalue weighted by molar-refractivity contribution is 9.11. The summed E-state index contributed by atoms with van der Waals surface area (Å²) in [4.78, 5) is 14.6. The van der Waals surface area contributed by atoms with Gasteiger partial charge in [0.15, 0.2) is 6.54 Å². The second-order valence-electron chi connectivity index (χ2n) is 5.38. The molecule has 3 nitrogen and oxygen atoms in total. The summed E-state index contributed by atoms with van der Waals surface area (Å²) in [5.74, 6) is 0.0526. The molecule has 1 aromatic carbocycles. The molecular formula is C16H20BrN2OS+. The van der Waals surface area contributed by atoms with Gasteiger partial charge in [0, 0.05) is 5.69 Å². The van der Waals surface area contributed by atoms with E-state index in [9.17, 15) is 4.79 Å². The molecule has 0 aliphatic carbocycles. The molecule has 0 spiro atoms. The lowest BCUT2D eigenvalue weighted by Crippen LogP contribution is -3.08. The van der Waals surface area contributed by atoms with Crippen LogP contribution in [0.15, 0.2) is 34.1 Å². The number of amides is 1. The molecule has 21 heavy (non-hydrogen) atoms. The van der Waals surface area contributed by atoms with Gasteiger partial charge >= 0.3 is 0 Å². The predicted octanol–water partition coefficient (Wildman–Crippen LogP) is 2.78. The van der Waals surface area contributed by atoms with Gasteiger partial charge in [-0.2, -0.15) is 0 Å². The molecule has 1 aromatic heterocycles. The molecule has 0 saturated heterocycles. The number of likely N-dealkylation sites (N-methyl/N-ethyl adjacent to an activating group) is 1. The maximum Gasteiger partial charge on any atom is 0.279 e. The lowest BCUT2D eigenvalue weighted by Gasteiger charge is -2.14. The molecule has 1 heterocycles. The van der Waals surface area contributed by atoms with Crippen LogP contribution in [0.5, 0.6) is 0 Å². The Morgan fingerprint density at radius 3 is 2.71 bits per heavy atom. The summed E-state index contributed by atoms with van der Waals surface area (Å²) in [6.07, 6.45) is 0. The van der Waals surface area contributed by atoms with Crippen molar-refractivity contribution in [3.05, 3.63) is 50.1 Å². The molecule has 0 aliphatic heterocycles. The largest absolute Gasteiger partial charge is 0.325 e. The Hall–Kier alpha value is -1.17. The number of aryl methyl sites for hydroxylation is 2. The molecule has 0 aliphatic rings. The maximum atomic E-state index is 12.1. The molecule has 2 N–H and O–H groups in total.